The molecule has 0 saturated heterocycles. The summed E-state index contributed by atoms with van der Waals surface area (Å²) < 4.78 is 4.62. The molecule has 7 heteroatoms. The van der Waals surface area contributed by atoms with Crippen LogP contribution in [0.2, 0.25) is 0 Å². The van der Waals surface area contributed by atoms with Gasteiger partial charge in [-0.1, -0.05) is 13.3 Å². The molecule has 0 spiro atoms. The van der Waals surface area contributed by atoms with Crippen LogP contribution < -0.4 is 16.6 Å². The first-order chi connectivity index (χ1) is 7.47. The Labute approximate surface area is 93.7 Å². The number of primary amides is 1. The third-order valence-electron chi connectivity index (χ3n) is 1.73. The molecule has 0 aromatic heterocycles. The summed E-state index contributed by atoms with van der Waals surface area (Å²) in [4.78, 5) is 32.5. The van der Waals surface area contributed by atoms with Gasteiger partial charge in [0.1, 0.15) is 0 Å². The Morgan fingerprint density at radius 1 is 1.31 bits per heavy atom. The van der Waals surface area contributed by atoms with Gasteiger partial charge < -0.3 is 10.5 Å². The fourth-order valence-corrected chi connectivity index (χ4v) is 1.00. The number of nitrogens with two attached hydrogens (primary N) is 1. The Morgan fingerprint density at radius 2 is 1.94 bits per heavy atom. The molecule has 4 N–H and O–H groups in total. The van der Waals surface area contributed by atoms with Gasteiger partial charge in [-0.2, -0.15) is 0 Å². The van der Waals surface area contributed by atoms with Gasteiger partial charge in [-0.25, -0.2) is 4.79 Å². The van der Waals surface area contributed by atoms with E-state index < -0.39 is 24.0 Å². The van der Waals surface area contributed by atoms with E-state index in [-0.39, 0.29) is 0 Å². The van der Waals surface area contributed by atoms with Crippen LogP contribution in [0.4, 0.5) is 4.79 Å². The molecule has 0 aliphatic heterocycles. The van der Waals surface area contributed by atoms with Crippen LogP contribution in [0.3, 0.4) is 0 Å². The van der Waals surface area contributed by atoms with Crippen molar-refractivity contribution < 1.29 is 19.1 Å². The van der Waals surface area contributed by atoms with Gasteiger partial charge in [0, 0.05) is 6.92 Å². The van der Waals surface area contributed by atoms with E-state index in [1.165, 1.54) is 6.92 Å². The van der Waals surface area contributed by atoms with E-state index in [4.69, 9.17) is 5.73 Å². The van der Waals surface area contributed by atoms with Gasteiger partial charge in [-0.3, -0.25) is 20.4 Å². The monoisotopic (exact) mass is 231 g/mol. The fraction of sp³-hybridized carbons (Fsp3) is 0.667. The summed E-state index contributed by atoms with van der Waals surface area (Å²) in [6.07, 6.45) is -0.0501. The van der Waals surface area contributed by atoms with Gasteiger partial charge in [0.15, 0.2) is 6.10 Å². The van der Waals surface area contributed by atoms with E-state index in [1.54, 1.807) is 0 Å². The minimum atomic E-state index is -1.01. The molecule has 0 aliphatic rings. The van der Waals surface area contributed by atoms with Crippen molar-refractivity contribution in [1.29, 1.82) is 0 Å². The fourth-order valence-electron chi connectivity index (χ4n) is 1.00. The number of nitrogens with one attached hydrogen (secondary N) is 2. The zero-order valence-corrected chi connectivity index (χ0v) is 9.41. The topological polar surface area (TPSA) is 111 Å². The maximum absolute atomic E-state index is 11.4. The van der Waals surface area contributed by atoms with Crippen LogP contribution in [0.1, 0.15) is 33.1 Å². The van der Waals surface area contributed by atoms with E-state index in [1.807, 2.05) is 6.92 Å². The van der Waals surface area contributed by atoms with E-state index >= 15 is 0 Å². The highest BCUT2D eigenvalue weighted by atomic mass is 16.6. The number of amides is 3. The molecule has 3 amide bonds. The predicted octanol–water partition coefficient (Wildman–Crippen LogP) is -0.192. The summed E-state index contributed by atoms with van der Waals surface area (Å²) in [5.41, 5.74) is 9.06. The lowest BCUT2D eigenvalue weighted by molar-refractivity contribution is -0.134. The molecule has 0 aromatic carbocycles. The Kier molecular flexibility index (Phi) is 6.66. The van der Waals surface area contributed by atoms with Crippen molar-refractivity contribution in [3.63, 3.8) is 0 Å². The molecule has 0 fully saturated rings. The quantitative estimate of drug-likeness (QED) is 0.569. The number of ether oxygens (including phenoxy) is 1. The average Bonchev–Trinajstić information content (AvgIpc) is 2.20. The molecular formula is C9H17N3O4. The number of hydrogen-bond donors (Lipinski definition) is 3. The molecule has 0 rings (SSSR count). The van der Waals surface area contributed by atoms with Crippen LogP contribution in [-0.2, 0) is 14.3 Å². The van der Waals surface area contributed by atoms with E-state index in [0.29, 0.717) is 12.8 Å². The van der Waals surface area contributed by atoms with E-state index in [0.717, 1.165) is 6.42 Å². The highest BCUT2D eigenvalue weighted by Crippen LogP contribution is 2.04. The Balaban J connectivity index is 4.19. The van der Waals surface area contributed by atoms with Crippen molar-refractivity contribution >= 4 is 17.9 Å². The van der Waals surface area contributed by atoms with Gasteiger partial charge >= 0.3 is 6.09 Å². The van der Waals surface area contributed by atoms with Crippen molar-refractivity contribution in [2.24, 2.45) is 5.73 Å². The van der Waals surface area contributed by atoms with Crippen molar-refractivity contribution in [2.75, 3.05) is 0 Å². The number of unbranched alkanes of at least 4 members (excludes halogenated alkanes) is 1. The lowest BCUT2D eigenvalue weighted by atomic mass is 10.1. The summed E-state index contributed by atoms with van der Waals surface area (Å²) in [5, 5.41) is 0. The van der Waals surface area contributed by atoms with E-state index in [2.05, 4.69) is 15.6 Å². The van der Waals surface area contributed by atoms with Crippen molar-refractivity contribution in [1.82, 2.24) is 10.9 Å². The third kappa shape index (κ3) is 6.63. The molecule has 0 aromatic rings. The van der Waals surface area contributed by atoms with Crippen molar-refractivity contribution in [3.8, 4) is 0 Å². The van der Waals surface area contributed by atoms with Crippen LogP contribution in [0.25, 0.3) is 0 Å². The predicted molar refractivity (Wildman–Crippen MR) is 55.9 cm³/mol. The normalized spacial score (nSPS) is 11.4. The van der Waals surface area contributed by atoms with E-state index in [9.17, 15) is 14.4 Å². The van der Waals surface area contributed by atoms with Crippen LogP contribution in [0.15, 0.2) is 0 Å². The Morgan fingerprint density at radius 3 is 2.38 bits per heavy atom. The van der Waals surface area contributed by atoms with Gasteiger partial charge in [-0.15, -0.1) is 0 Å². The largest absolute Gasteiger partial charge is 0.436 e. The second-order valence-electron chi connectivity index (χ2n) is 3.24. The molecule has 1 atom stereocenters. The van der Waals surface area contributed by atoms with Gasteiger partial charge in [0.25, 0.3) is 5.91 Å². The minimum absolute atomic E-state index is 0.366. The summed E-state index contributed by atoms with van der Waals surface area (Å²) in [7, 11) is 0. The first-order valence-corrected chi connectivity index (χ1v) is 4.99. The summed E-state index contributed by atoms with van der Waals surface area (Å²) in [5.74, 6) is -1.01. The number of hydrazine groups is 1. The molecule has 1 unspecified atom stereocenters. The second-order valence-corrected chi connectivity index (χ2v) is 3.24. The number of carbonyl (C=O) groups is 3. The lowest BCUT2D eigenvalue weighted by Crippen LogP contribution is -2.47. The standard InChI is InChI=1S/C9H17N3O4/c1-3-4-5-7(16-9(10)15)8(14)12-11-6(2)13/h7H,3-5H2,1-2H3,(H2,10,15)(H,11,13)(H,12,14). The number of rotatable bonds is 5. The van der Waals surface area contributed by atoms with Gasteiger partial charge in [0.05, 0.1) is 0 Å². The molecule has 92 valence electrons. The molecular weight excluding hydrogens is 214 g/mol. The van der Waals surface area contributed by atoms with Crippen LogP contribution >= 0.6 is 0 Å². The summed E-state index contributed by atoms with van der Waals surface area (Å²) in [6.45, 7) is 3.18. The van der Waals surface area contributed by atoms with Crippen LogP contribution in [0, 0.1) is 0 Å². The van der Waals surface area contributed by atoms with Crippen molar-refractivity contribution in [2.45, 2.75) is 39.2 Å². The SMILES string of the molecule is CCCCC(OC(N)=O)C(=O)NNC(C)=O. The minimum Gasteiger partial charge on any atom is -0.436 e. The average molecular weight is 231 g/mol. The summed E-state index contributed by atoms with van der Waals surface area (Å²) in [6, 6.07) is 0. The zero-order valence-electron chi connectivity index (χ0n) is 9.41. The lowest BCUT2D eigenvalue weighted by Gasteiger charge is -2.15. The number of carbonyl (C=O) groups excluding carboxylic acids is 3. The first-order valence-electron chi connectivity index (χ1n) is 4.99. The maximum Gasteiger partial charge on any atom is 0.405 e. The first kappa shape index (κ1) is 14.2. The Bertz CT molecular complexity index is 267. The zero-order chi connectivity index (χ0) is 12.6. The number of hydrogen-bond acceptors (Lipinski definition) is 4. The molecule has 0 heterocycles. The smallest absolute Gasteiger partial charge is 0.405 e. The third-order valence-corrected chi connectivity index (χ3v) is 1.73. The molecule has 7 nitrogen and oxygen atoms in total. The molecule has 0 bridgehead atoms. The van der Waals surface area contributed by atoms with Crippen molar-refractivity contribution in [3.05, 3.63) is 0 Å². The summed E-state index contributed by atoms with van der Waals surface area (Å²) >= 11 is 0. The highest BCUT2D eigenvalue weighted by Gasteiger charge is 2.21. The van der Waals surface area contributed by atoms with Gasteiger partial charge in [-0.05, 0) is 12.8 Å². The van der Waals surface area contributed by atoms with Crippen LogP contribution in [0.5, 0.6) is 0 Å². The maximum atomic E-state index is 11.4. The molecule has 0 saturated carbocycles. The second kappa shape index (κ2) is 7.49. The molecule has 0 aliphatic carbocycles. The Hall–Kier alpha value is -1.79. The van der Waals surface area contributed by atoms with Gasteiger partial charge in [0.2, 0.25) is 5.91 Å². The molecule has 16 heavy (non-hydrogen) atoms. The van der Waals surface area contributed by atoms with Crippen LogP contribution in [-0.4, -0.2) is 24.0 Å². The highest BCUT2D eigenvalue weighted by molar-refractivity contribution is 5.85. The molecule has 0 radical (unpaired) electrons.